The van der Waals surface area contributed by atoms with Crippen LogP contribution < -0.4 is 14.8 Å². The maximum Gasteiger partial charge on any atom is 0.161 e. The summed E-state index contributed by atoms with van der Waals surface area (Å²) in [5.74, 6) is 2.26. The average Bonchev–Trinajstić information content (AvgIpc) is 3.18. The fraction of sp³-hybridized carbons (Fsp3) is 0.217. The van der Waals surface area contributed by atoms with Crippen molar-refractivity contribution in [1.82, 2.24) is 14.6 Å². The van der Waals surface area contributed by atoms with Gasteiger partial charge < -0.3 is 14.8 Å². The number of anilines is 1. The van der Waals surface area contributed by atoms with E-state index in [1.807, 2.05) is 60.0 Å². The van der Waals surface area contributed by atoms with E-state index < -0.39 is 0 Å². The molecule has 148 valence electrons. The van der Waals surface area contributed by atoms with Gasteiger partial charge in [-0.05, 0) is 37.6 Å². The Kier molecular flexibility index (Phi) is 5.08. The Hall–Kier alpha value is -3.54. The van der Waals surface area contributed by atoms with E-state index in [1.54, 1.807) is 14.2 Å². The fourth-order valence-electron chi connectivity index (χ4n) is 3.39. The lowest BCUT2D eigenvalue weighted by Crippen LogP contribution is -2.11. The molecule has 0 spiro atoms. The predicted molar refractivity (Wildman–Crippen MR) is 115 cm³/mol. The highest BCUT2D eigenvalue weighted by molar-refractivity contribution is 5.68. The lowest BCUT2D eigenvalue weighted by atomic mass is 10.1. The predicted octanol–water partition coefficient (Wildman–Crippen LogP) is 4.90. The molecule has 0 unspecified atom stereocenters. The topological polar surface area (TPSA) is 60.7 Å². The van der Waals surface area contributed by atoms with Gasteiger partial charge in [0.05, 0.1) is 19.9 Å². The molecule has 0 aliphatic heterocycles. The lowest BCUT2D eigenvalue weighted by Gasteiger charge is -2.16. The van der Waals surface area contributed by atoms with Gasteiger partial charge in [-0.2, -0.15) is 9.61 Å². The largest absolute Gasteiger partial charge is 0.493 e. The number of ether oxygens (including phenoxy) is 2. The van der Waals surface area contributed by atoms with Gasteiger partial charge >= 0.3 is 0 Å². The molecule has 0 radical (unpaired) electrons. The molecule has 2 aromatic heterocycles. The molecule has 4 aromatic rings. The van der Waals surface area contributed by atoms with Crippen LogP contribution in [0.4, 0.5) is 5.82 Å². The molecule has 4 rings (SSSR count). The Morgan fingerprint density at radius 2 is 1.69 bits per heavy atom. The molecule has 2 aromatic carbocycles. The average molecular weight is 388 g/mol. The first kappa shape index (κ1) is 18.8. The first-order valence-electron chi connectivity index (χ1n) is 9.50. The van der Waals surface area contributed by atoms with E-state index in [4.69, 9.17) is 14.6 Å². The minimum Gasteiger partial charge on any atom is -0.493 e. The monoisotopic (exact) mass is 388 g/mol. The van der Waals surface area contributed by atoms with Crippen molar-refractivity contribution in [2.24, 2.45) is 0 Å². The Labute approximate surface area is 170 Å². The number of methoxy groups -OCH3 is 2. The minimum absolute atomic E-state index is 0.134. The number of hydrogen-bond donors (Lipinski definition) is 1. The van der Waals surface area contributed by atoms with Gasteiger partial charge in [-0.25, -0.2) is 4.98 Å². The van der Waals surface area contributed by atoms with Gasteiger partial charge in [0.1, 0.15) is 5.82 Å². The molecule has 6 nitrogen and oxygen atoms in total. The van der Waals surface area contributed by atoms with Gasteiger partial charge in [0.25, 0.3) is 0 Å². The number of nitrogens with zero attached hydrogens (tertiary/aromatic N) is 3. The second kappa shape index (κ2) is 7.83. The summed E-state index contributed by atoms with van der Waals surface area (Å²) in [5.41, 5.74) is 4.69. The van der Waals surface area contributed by atoms with Crippen molar-refractivity contribution in [2.75, 3.05) is 19.5 Å². The van der Waals surface area contributed by atoms with Crippen LogP contribution in [-0.4, -0.2) is 28.8 Å². The van der Waals surface area contributed by atoms with Crippen LogP contribution in [0.5, 0.6) is 11.5 Å². The number of aryl methyl sites for hydroxylation is 1. The molecule has 0 amide bonds. The molecule has 0 saturated carbocycles. The summed E-state index contributed by atoms with van der Waals surface area (Å²) in [6, 6.07) is 20.2. The molecular weight excluding hydrogens is 364 g/mol. The second-order valence-electron chi connectivity index (χ2n) is 6.93. The van der Waals surface area contributed by atoms with Gasteiger partial charge in [0.2, 0.25) is 0 Å². The van der Waals surface area contributed by atoms with Crippen molar-refractivity contribution in [3.8, 4) is 22.8 Å². The Morgan fingerprint density at radius 3 is 2.41 bits per heavy atom. The highest BCUT2D eigenvalue weighted by Crippen LogP contribution is 2.32. The minimum atomic E-state index is 0.134. The van der Waals surface area contributed by atoms with Gasteiger partial charge in [-0.1, -0.05) is 30.3 Å². The van der Waals surface area contributed by atoms with Crippen LogP contribution in [0.25, 0.3) is 16.9 Å². The zero-order chi connectivity index (χ0) is 20.4. The molecule has 0 aliphatic rings. The molecule has 0 saturated heterocycles. The third-order valence-electron chi connectivity index (χ3n) is 4.90. The fourth-order valence-corrected chi connectivity index (χ4v) is 3.39. The van der Waals surface area contributed by atoms with Crippen molar-refractivity contribution in [1.29, 1.82) is 0 Å². The van der Waals surface area contributed by atoms with Crippen LogP contribution in [0.1, 0.15) is 24.2 Å². The van der Waals surface area contributed by atoms with E-state index in [0.717, 1.165) is 28.4 Å². The number of rotatable bonds is 6. The summed E-state index contributed by atoms with van der Waals surface area (Å²) >= 11 is 0. The Morgan fingerprint density at radius 1 is 0.931 bits per heavy atom. The van der Waals surface area contributed by atoms with Gasteiger partial charge in [0.15, 0.2) is 17.1 Å². The van der Waals surface area contributed by atoms with Crippen molar-refractivity contribution >= 4 is 11.5 Å². The van der Waals surface area contributed by atoms with Gasteiger partial charge in [-0.15, -0.1) is 0 Å². The third kappa shape index (κ3) is 3.74. The molecule has 29 heavy (non-hydrogen) atoms. The normalized spacial score (nSPS) is 12.0. The lowest BCUT2D eigenvalue weighted by molar-refractivity contribution is 0.355. The number of fused-ring (bicyclic) bond motifs is 1. The van der Waals surface area contributed by atoms with Crippen LogP contribution >= 0.6 is 0 Å². The van der Waals surface area contributed by atoms with Gasteiger partial charge in [0, 0.05) is 29.4 Å². The summed E-state index contributed by atoms with van der Waals surface area (Å²) in [6.07, 6.45) is 0. The maximum absolute atomic E-state index is 5.43. The van der Waals surface area contributed by atoms with E-state index in [-0.39, 0.29) is 6.04 Å². The zero-order valence-corrected chi connectivity index (χ0v) is 17.0. The van der Waals surface area contributed by atoms with Crippen LogP contribution in [0.3, 0.4) is 0 Å². The van der Waals surface area contributed by atoms with Crippen LogP contribution in [0, 0.1) is 6.92 Å². The Balaban J connectivity index is 1.74. The maximum atomic E-state index is 5.43. The second-order valence-corrected chi connectivity index (χ2v) is 6.93. The third-order valence-corrected chi connectivity index (χ3v) is 4.90. The molecule has 1 atom stereocenters. The van der Waals surface area contributed by atoms with Gasteiger partial charge in [-0.3, -0.25) is 0 Å². The highest BCUT2D eigenvalue weighted by Gasteiger charge is 2.14. The number of hydrogen-bond acceptors (Lipinski definition) is 5. The molecule has 0 fully saturated rings. The molecule has 2 heterocycles. The van der Waals surface area contributed by atoms with E-state index in [9.17, 15) is 0 Å². The first-order valence-corrected chi connectivity index (χ1v) is 9.50. The Bertz CT molecular complexity index is 1140. The van der Waals surface area contributed by atoms with E-state index in [0.29, 0.717) is 11.5 Å². The standard InChI is InChI=1S/C23H24N4O2/c1-15-12-22(25-16(2)17-8-6-5-7-9-17)27-23(24-15)14-19(26-27)18-10-11-20(28-3)21(13-18)29-4/h5-14,16,25H,1-4H3/t16-/m1/s1. The molecule has 0 bridgehead atoms. The summed E-state index contributed by atoms with van der Waals surface area (Å²) in [5, 5.41) is 8.36. The smallest absolute Gasteiger partial charge is 0.161 e. The van der Waals surface area contributed by atoms with Crippen molar-refractivity contribution in [3.63, 3.8) is 0 Å². The SMILES string of the molecule is COc1ccc(-c2cc3nc(C)cc(N[C@H](C)c4ccccc4)n3n2)cc1OC. The van der Waals surface area contributed by atoms with Crippen molar-refractivity contribution in [2.45, 2.75) is 19.9 Å². The van der Waals surface area contributed by atoms with E-state index in [2.05, 4.69) is 29.4 Å². The number of nitrogens with one attached hydrogen (secondary N) is 1. The molecule has 6 heteroatoms. The summed E-state index contributed by atoms with van der Waals surface area (Å²) in [7, 11) is 3.25. The summed E-state index contributed by atoms with van der Waals surface area (Å²) in [6.45, 7) is 4.12. The van der Waals surface area contributed by atoms with Crippen LogP contribution in [-0.2, 0) is 0 Å². The summed E-state index contributed by atoms with van der Waals surface area (Å²) in [4.78, 5) is 4.64. The first-order chi connectivity index (χ1) is 14.1. The zero-order valence-electron chi connectivity index (χ0n) is 17.0. The summed E-state index contributed by atoms with van der Waals surface area (Å²) < 4.78 is 12.6. The van der Waals surface area contributed by atoms with E-state index in [1.165, 1.54) is 5.56 Å². The quantitative estimate of drug-likeness (QED) is 0.509. The van der Waals surface area contributed by atoms with Crippen molar-refractivity contribution < 1.29 is 9.47 Å². The molecular formula is C23H24N4O2. The van der Waals surface area contributed by atoms with Crippen molar-refractivity contribution in [3.05, 3.63) is 71.9 Å². The van der Waals surface area contributed by atoms with Crippen LogP contribution in [0.2, 0.25) is 0 Å². The molecule has 0 aliphatic carbocycles. The number of aromatic nitrogens is 3. The highest BCUT2D eigenvalue weighted by atomic mass is 16.5. The number of benzene rings is 2. The van der Waals surface area contributed by atoms with Crippen LogP contribution in [0.15, 0.2) is 60.7 Å². The molecule has 1 N–H and O–H groups in total. The van der Waals surface area contributed by atoms with E-state index >= 15 is 0 Å².